The van der Waals surface area contributed by atoms with Crippen LogP contribution in [-0.2, 0) is 0 Å². The van der Waals surface area contributed by atoms with Crippen LogP contribution in [0.2, 0.25) is 0 Å². The summed E-state index contributed by atoms with van der Waals surface area (Å²) in [6.45, 7) is 5.23. The molecule has 4 aromatic carbocycles. The van der Waals surface area contributed by atoms with Gasteiger partial charge in [-0.1, -0.05) is 42.5 Å². The van der Waals surface area contributed by atoms with E-state index in [2.05, 4.69) is 11.1 Å². The molecule has 0 unspecified atom stereocenters. The lowest BCUT2D eigenvalue weighted by atomic mass is 9.86. The van der Waals surface area contributed by atoms with E-state index < -0.39 is 11.8 Å². The van der Waals surface area contributed by atoms with Gasteiger partial charge in [0.2, 0.25) is 0 Å². The van der Waals surface area contributed by atoms with Crippen LogP contribution < -0.4 is 4.74 Å². The van der Waals surface area contributed by atoms with Crippen LogP contribution in [-0.4, -0.2) is 51.1 Å². The van der Waals surface area contributed by atoms with E-state index in [-0.39, 0.29) is 17.5 Å². The minimum Gasteiger partial charge on any atom is -0.494 e. The highest BCUT2D eigenvalue weighted by Gasteiger charge is 2.28. The van der Waals surface area contributed by atoms with Gasteiger partial charge in [-0.2, -0.15) is 0 Å². The quantitative estimate of drug-likeness (QED) is 0.220. The van der Waals surface area contributed by atoms with Gasteiger partial charge in [0, 0.05) is 25.4 Å². The smallest absolute Gasteiger partial charge is 0.336 e. The van der Waals surface area contributed by atoms with E-state index in [0.717, 1.165) is 21.9 Å². The van der Waals surface area contributed by atoms with Crippen LogP contribution in [0.3, 0.4) is 0 Å². The van der Waals surface area contributed by atoms with Crippen LogP contribution in [0.1, 0.15) is 57.7 Å². The van der Waals surface area contributed by atoms with Gasteiger partial charge >= 0.3 is 5.97 Å². The molecule has 1 saturated heterocycles. The molecule has 7 nitrogen and oxygen atoms in total. The number of carboxylic acids is 1. The molecule has 43 heavy (non-hydrogen) atoms. The second-order valence-corrected chi connectivity index (χ2v) is 10.9. The SMILES string of the molecule is CCOc1cccc(-n2cc(C(=O)N3CCC(c4cc(C(=O)O)c5ccccc5c4)CC3)nc2-c2ccc(C)cc2F)c1. The number of imidazole rings is 1. The molecule has 1 amide bonds. The minimum absolute atomic E-state index is 0.128. The van der Waals surface area contributed by atoms with Crippen molar-refractivity contribution in [3.05, 3.63) is 113 Å². The Morgan fingerprint density at radius 2 is 1.79 bits per heavy atom. The molecule has 5 aromatic rings. The first kappa shape index (κ1) is 28.2. The number of hydrogen-bond acceptors (Lipinski definition) is 4. The molecule has 1 N–H and O–H groups in total. The van der Waals surface area contributed by atoms with Crippen molar-refractivity contribution in [2.75, 3.05) is 19.7 Å². The number of aryl methyl sites for hydroxylation is 1. The Morgan fingerprint density at radius 3 is 2.53 bits per heavy atom. The molecule has 0 aliphatic carbocycles. The van der Waals surface area contributed by atoms with Crippen LogP contribution in [0.5, 0.6) is 5.75 Å². The third kappa shape index (κ3) is 5.60. The average molecular weight is 578 g/mol. The van der Waals surface area contributed by atoms with E-state index in [4.69, 9.17) is 4.74 Å². The van der Waals surface area contributed by atoms with E-state index >= 15 is 4.39 Å². The van der Waals surface area contributed by atoms with Crippen molar-refractivity contribution in [1.29, 1.82) is 0 Å². The molecular formula is C35H32FN3O4. The fourth-order valence-corrected chi connectivity index (χ4v) is 5.89. The summed E-state index contributed by atoms with van der Waals surface area (Å²) in [5, 5.41) is 11.4. The van der Waals surface area contributed by atoms with Gasteiger partial charge in [-0.25, -0.2) is 14.2 Å². The molecule has 0 spiro atoms. The second-order valence-electron chi connectivity index (χ2n) is 10.9. The summed E-state index contributed by atoms with van der Waals surface area (Å²) in [6.07, 6.45) is 3.05. The molecule has 0 saturated carbocycles. The van der Waals surface area contributed by atoms with Crippen LogP contribution in [0.15, 0.2) is 85.1 Å². The zero-order valence-electron chi connectivity index (χ0n) is 24.1. The van der Waals surface area contributed by atoms with Gasteiger partial charge in [0.15, 0.2) is 0 Å². The van der Waals surface area contributed by atoms with Crippen LogP contribution in [0.25, 0.3) is 27.8 Å². The lowest BCUT2D eigenvalue weighted by Crippen LogP contribution is -2.38. The number of nitrogens with zero attached hydrogens (tertiary/aromatic N) is 3. The third-order valence-electron chi connectivity index (χ3n) is 8.07. The molecule has 1 aromatic heterocycles. The first-order valence-corrected chi connectivity index (χ1v) is 14.5. The number of aromatic nitrogens is 2. The Labute approximate surface area is 249 Å². The number of ether oxygens (including phenoxy) is 1. The maximum absolute atomic E-state index is 15.2. The fraction of sp³-hybridized carbons (Fsp3) is 0.229. The molecule has 218 valence electrons. The zero-order valence-corrected chi connectivity index (χ0v) is 24.1. The van der Waals surface area contributed by atoms with Crippen molar-refractivity contribution in [1.82, 2.24) is 14.5 Å². The predicted molar refractivity (Wildman–Crippen MR) is 164 cm³/mol. The molecule has 0 bridgehead atoms. The number of carboxylic acid groups (broad SMARTS) is 1. The standard InChI is InChI=1S/C35H32FN3O4/c1-3-43-27-9-6-8-26(20-27)39-21-32(37-33(39)29-12-11-22(2)17-31(29)36)34(40)38-15-13-23(14-16-38)25-18-24-7-4-5-10-28(24)30(19-25)35(41)42/h4-12,17-21,23H,3,13-16H2,1-2H3,(H,41,42). The molecule has 8 heteroatoms. The highest BCUT2D eigenvalue weighted by Crippen LogP contribution is 2.33. The number of carbonyl (C=O) groups is 2. The summed E-state index contributed by atoms with van der Waals surface area (Å²) in [4.78, 5) is 32.2. The number of halogens is 1. The molecule has 1 aliphatic rings. The lowest BCUT2D eigenvalue weighted by molar-refractivity contribution is 0.0696. The maximum atomic E-state index is 15.2. The van der Waals surface area contributed by atoms with Gasteiger partial charge in [-0.15, -0.1) is 0 Å². The molecular weight excluding hydrogens is 545 g/mol. The Hall–Kier alpha value is -4.98. The number of amides is 1. The minimum atomic E-state index is -0.950. The summed E-state index contributed by atoms with van der Waals surface area (Å²) in [5.41, 5.74) is 3.29. The number of likely N-dealkylation sites (tertiary alicyclic amines) is 1. The summed E-state index contributed by atoms with van der Waals surface area (Å²) < 4.78 is 22.6. The van der Waals surface area contributed by atoms with E-state index in [1.54, 1.807) is 27.8 Å². The first-order chi connectivity index (χ1) is 20.8. The molecule has 0 atom stereocenters. The van der Waals surface area contributed by atoms with Gasteiger partial charge in [0.1, 0.15) is 23.1 Å². The highest BCUT2D eigenvalue weighted by molar-refractivity contribution is 6.04. The molecule has 2 heterocycles. The van der Waals surface area contributed by atoms with Crippen molar-refractivity contribution in [2.45, 2.75) is 32.6 Å². The van der Waals surface area contributed by atoms with E-state index in [1.807, 2.05) is 68.4 Å². The number of aromatic carboxylic acids is 1. The van der Waals surface area contributed by atoms with Gasteiger partial charge in [0.25, 0.3) is 5.91 Å². The van der Waals surface area contributed by atoms with Gasteiger partial charge in [-0.3, -0.25) is 9.36 Å². The summed E-state index contributed by atoms with van der Waals surface area (Å²) >= 11 is 0. The van der Waals surface area contributed by atoms with E-state index in [1.165, 1.54) is 6.07 Å². The topological polar surface area (TPSA) is 84.7 Å². The summed E-state index contributed by atoms with van der Waals surface area (Å²) in [6, 6.07) is 23.7. The molecule has 1 aliphatic heterocycles. The Morgan fingerprint density at radius 1 is 1.00 bits per heavy atom. The summed E-state index contributed by atoms with van der Waals surface area (Å²) in [5.74, 6) is -0.461. The fourth-order valence-electron chi connectivity index (χ4n) is 5.89. The van der Waals surface area contributed by atoms with Gasteiger partial charge < -0.3 is 14.7 Å². The van der Waals surface area contributed by atoms with Crippen molar-refractivity contribution < 1.29 is 23.8 Å². The number of rotatable bonds is 7. The van der Waals surface area contributed by atoms with E-state index in [0.29, 0.717) is 60.9 Å². The number of fused-ring (bicyclic) bond motifs is 1. The van der Waals surface area contributed by atoms with Crippen molar-refractivity contribution >= 4 is 22.6 Å². The molecule has 0 radical (unpaired) electrons. The van der Waals surface area contributed by atoms with Crippen molar-refractivity contribution in [3.8, 4) is 22.8 Å². The third-order valence-corrected chi connectivity index (χ3v) is 8.07. The monoisotopic (exact) mass is 577 g/mol. The van der Waals surface area contributed by atoms with E-state index in [9.17, 15) is 14.7 Å². The second kappa shape index (κ2) is 11.7. The number of carbonyl (C=O) groups excluding carboxylic acids is 1. The Kier molecular flexibility index (Phi) is 7.67. The largest absolute Gasteiger partial charge is 0.494 e. The van der Waals surface area contributed by atoms with Gasteiger partial charge in [-0.05, 0) is 84.8 Å². The lowest BCUT2D eigenvalue weighted by Gasteiger charge is -2.32. The molecule has 1 fully saturated rings. The van der Waals surface area contributed by atoms with Crippen LogP contribution >= 0.6 is 0 Å². The number of benzene rings is 4. The number of piperidine rings is 1. The zero-order chi connectivity index (χ0) is 30.1. The highest BCUT2D eigenvalue weighted by atomic mass is 19.1. The van der Waals surface area contributed by atoms with Crippen molar-refractivity contribution in [3.63, 3.8) is 0 Å². The maximum Gasteiger partial charge on any atom is 0.336 e. The van der Waals surface area contributed by atoms with Gasteiger partial charge in [0.05, 0.1) is 23.4 Å². The first-order valence-electron chi connectivity index (χ1n) is 14.5. The normalized spacial score (nSPS) is 13.8. The summed E-state index contributed by atoms with van der Waals surface area (Å²) in [7, 11) is 0. The Balaban J connectivity index is 1.28. The van der Waals surface area contributed by atoms with Crippen molar-refractivity contribution in [2.24, 2.45) is 0 Å². The Bertz CT molecular complexity index is 1840. The predicted octanol–water partition coefficient (Wildman–Crippen LogP) is 7.26. The number of hydrogen-bond donors (Lipinski definition) is 1. The molecule has 6 rings (SSSR count). The average Bonchev–Trinajstić information content (AvgIpc) is 3.46. The van der Waals surface area contributed by atoms with Crippen LogP contribution in [0.4, 0.5) is 4.39 Å². The van der Waals surface area contributed by atoms with Crippen LogP contribution in [0, 0.1) is 12.7 Å².